The van der Waals surface area contributed by atoms with E-state index in [-0.39, 0.29) is 16.5 Å². The number of rotatable bonds is 6. The number of halogens is 1. The Balaban J connectivity index is 1.76. The first-order valence-electron chi connectivity index (χ1n) is 11.1. The molecule has 4 rings (SSSR count). The first-order chi connectivity index (χ1) is 16.3. The largest absolute Gasteiger partial charge is 0.497 e. The number of carbonyl (C=O) groups excluding carboxylic acids is 4. The minimum atomic E-state index is -1.14. The van der Waals surface area contributed by atoms with E-state index in [2.05, 4.69) is 0 Å². The lowest BCUT2D eigenvalue weighted by Gasteiger charge is -2.35. The zero-order chi connectivity index (χ0) is 24.6. The summed E-state index contributed by atoms with van der Waals surface area (Å²) in [5.74, 6) is -2.83. The predicted octanol–water partition coefficient (Wildman–Crippen LogP) is 4.17. The van der Waals surface area contributed by atoms with E-state index < -0.39 is 41.4 Å². The molecule has 1 aliphatic carbocycles. The summed E-state index contributed by atoms with van der Waals surface area (Å²) in [6.07, 6.45) is 4.19. The molecule has 0 unspecified atom stereocenters. The van der Waals surface area contributed by atoms with Crippen molar-refractivity contribution in [3.05, 3.63) is 76.8 Å². The van der Waals surface area contributed by atoms with E-state index in [1.807, 2.05) is 19.1 Å². The lowest BCUT2D eigenvalue weighted by atomic mass is 9.78. The third-order valence-electron chi connectivity index (χ3n) is 6.50. The van der Waals surface area contributed by atoms with Gasteiger partial charge in [0.05, 0.1) is 29.5 Å². The quantitative estimate of drug-likeness (QED) is 0.352. The number of ketones is 1. The van der Waals surface area contributed by atoms with Crippen LogP contribution in [0.4, 0.5) is 0 Å². The van der Waals surface area contributed by atoms with Gasteiger partial charge in [0.25, 0.3) is 17.7 Å². The van der Waals surface area contributed by atoms with E-state index >= 15 is 0 Å². The SMILES string of the molecule is COc1ccc(C(=O)[C@H](C)N(C(=O)c2ccccc2Cl)N2C(=O)[C@H]3[C@H](C)C=CC[C@H]3C2=O)cc1. The summed E-state index contributed by atoms with van der Waals surface area (Å²) in [5, 5.41) is 2.01. The van der Waals surface area contributed by atoms with Crippen molar-refractivity contribution in [3.8, 4) is 5.75 Å². The van der Waals surface area contributed by atoms with Gasteiger partial charge < -0.3 is 4.74 Å². The van der Waals surface area contributed by atoms with Crippen molar-refractivity contribution in [2.75, 3.05) is 7.11 Å². The number of benzene rings is 2. The first kappa shape index (κ1) is 23.7. The number of carbonyl (C=O) groups is 4. The Hall–Kier alpha value is -3.45. The molecular weight excluding hydrogens is 456 g/mol. The number of fused-ring (bicyclic) bond motifs is 1. The summed E-state index contributed by atoms with van der Waals surface area (Å²) >= 11 is 6.28. The van der Waals surface area contributed by atoms with Gasteiger partial charge in [-0.15, -0.1) is 0 Å². The Labute approximate surface area is 202 Å². The predicted molar refractivity (Wildman–Crippen MR) is 126 cm³/mol. The lowest BCUT2D eigenvalue weighted by molar-refractivity contribution is -0.156. The van der Waals surface area contributed by atoms with Gasteiger partial charge in [0, 0.05) is 5.56 Å². The molecule has 176 valence electrons. The molecule has 8 heteroatoms. The van der Waals surface area contributed by atoms with Crippen LogP contribution in [0.1, 0.15) is 41.0 Å². The maximum atomic E-state index is 13.7. The van der Waals surface area contributed by atoms with Gasteiger partial charge in [-0.05, 0) is 55.7 Å². The number of nitrogens with zero attached hydrogens (tertiary/aromatic N) is 2. The van der Waals surface area contributed by atoms with Crippen molar-refractivity contribution < 1.29 is 23.9 Å². The number of Topliss-reactive ketones (excluding diaryl/α,β-unsaturated/α-hetero) is 1. The summed E-state index contributed by atoms with van der Waals surface area (Å²) in [6, 6.07) is 11.6. The third kappa shape index (κ3) is 4.01. The van der Waals surface area contributed by atoms with Crippen LogP contribution in [0.25, 0.3) is 0 Å². The highest BCUT2D eigenvalue weighted by Gasteiger charge is 2.54. The number of imide groups is 1. The van der Waals surface area contributed by atoms with Gasteiger partial charge in [-0.2, -0.15) is 5.01 Å². The normalized spacial score (nSPS) is 22.4. The van der Waals surface area contributed by atoms with Crippen molar-refractivity contribution in [1.29, 1.82) is 0 Å². The van der Waals surface area contributed by atoms with Crippen LogP contribution in [-0.4, -0.2) is 46.7 Å². The Kier molecular flexibility index (Phi) is 6.57. The topological polar surface area (TPSA) is 84.0 Å². The highest BCUT2D eigenvalue weighted by Crippen LogP contribution is 2.40. The fourth-order valence-corrected chi connectivity index (χ4v) is 4.87. The Morgan fingerprint density at radius 1 is 1.09 bits per heavy atom. The lowest BCUT2D eigenvalue weighted by Crippen LogP contribution is -2.56. The second-order valence-corrected chi connectivity index (χ2v) is 8.95. The summed E-state index contributed by atoms with van der Waals surface area (Å²) in [7, 11) is 1.52. The molecule has 2 aliphatic rings. The molecule has 1 heterocycles. The Bertz CT molecular complexity index is 1180. The number of hydrogen-bond donors (Lipinski definition) is 0. The fourth-order valence-electron chi connectivity index (χ4n) is 4.65. The molecule has 2 aromatic carbocycles. The van der Waals surface area contributed by atoms with Crippen LogP contribution in [0.2, 0.25) is 5.02 Å². The smallest absolute Gasteiger partial charge is 0.275 e. The first-order valence-corrected chi connectivity index (χ1v) is 11.4. The van der Waals surface area contributed by atoms with E-state index in [0.717, 1.165) is 10.0 Å². The monoisotopic (exact) mass is 480 g/mol. The molecule has 0 aromatic heterocycles. The Morgan fingerprint density at radius 3 is 2.38 bits per heavy atom. The number of hydrogen-bond acceptors (Lipinski definition) is 5. The van der Waals surface area contributed by atoms with Crippen molar-refractivity contribution in [1.82, 2.24) is 10.0 Å². The molecule has 4 atom stereocenters. The Morgan fingerprint density at radius 2 is 1.76 bits per heavy atom. The van der Waals surface area contributed by atoms with Crippen LogP contribution in [0.5, 0.6) is 5.75 Å². The number of amides is 3. The highest BCUT2D eigenvalue weighted by molar-refractivity contribution is 6.34. The molecular formula is C26H25ClN2O5. The van der Waals surface area contributed by atoms with E-state index in [1.54, 1.807) is 42.5 Å². The van der Waals surface area contributed by atoms with Crippen molar-refractivity contribution in [3.63, 3.8) is 0 Å². The van der Waals surface area contributed by atoms with Gasteiger partial charge in [0.1, 0.15) is 11.8 Å². The molecule has 7 nitrogen and oxygen atoms in total. The van der Waals surface area contributed by atoms with Gasteiger partial charge in [-0.1, -0.05) is 42.8 Å². The van der Waals surface area contributed by atoms with Crippen LogP contribution < -0.4 is 4.74 Å². The molecule has 0 N–H and O–H groups in total. The zero-order valence-electron chi connectivity index (χ0n) is 19.1. The van der Waals surface area contributed by atoms with Crippen molar-refractivity contribution in [2.24, 2.45) is 17.8 Å². The summed E-state index contributed by atoms with van der Waals surface area (Å²) in [6.45, 7) is 3.37. The second kappa shape index (κ2) is 9.43. The van der Waals surface area contributed by atoms with Crippen LogP contribution in [0.15, 0.2) is 60.7 Å². The molecule has 3 amide bonds. The van der Waals surface area contributed by atoms with Crippen LogP contribution in [-0.2, 0) is 9.59 Å². The van der Waals surface area contributed by atoms with E-state index in [9.17, 15) is 19.2 Å². The molecule has 1 aliphatic heterocycles. The minimum absolute atomic E-state index is 0.0974. The molecule has 1 saturated heterocycles. The second-order valence-electron chi connectivity index (χ2n) is 8.54. The van der Waals surface area contributed by atoms with E-state index in [0.29, 0.717) is 17.7 Å². The summed E-state index contributed by atoms with van der Waals surface area (Å²) in [4.78, 5) is 54.0. The van der Waals surface area contributed by atoms with Crippen molar-refractivity contribution >= 4 is 35.1 Å². The summed E-state index contributed by atoms with van der Waals surface area (Å²) < 4.78 is 5.15. The fraction of sp³-hybridized carbons (Fsp3) is 0.308. The van der Waals surface area contributed by atoms with Gasteiger partial charge in [0.2, 0.25) is 0 Å². The van der Waals surface area contributed by atoms with Gasteiger partial charge in [-0.25, -0.2) is 5.01 Å². The van der Waals surface area contributed by atoms with E-state index in [4.69, 9.17) is 16.3 Å². The van der Waals surface area contributed by atoms with Crippen LogP contribution in [0.3, 0.4) is 0 Å². The number of ether oxygens (including phenoxy) is 1. The van der Waals surface area contributed by atoms with Gasteiger partial charge >= 0.3 is 0 Å². The standard InChI is InChI=1S/C26H25ClN2O5/c1-15-7-6-9-20-22(15)26(33)29(25(20)32)28(24(31)19-8-4-5-10-21(19)27)16(2)23(30)17-11-13-18(34-3)14-12-17/h4-8,10-16,20,22H,9H2,1-3H3/t15-,16+,20-,22+/m1/s1. The minimum Gasteiger partial charge on any atom is -0.497 e. The number of allylic oxidation sites excluding steroid dienone is 2. The van der Waals surface area contributed by atoms with Gasteiger partial charge in [0.15, 0.2) is 5.78 Å². The zero-order valence-corrected chi connectivity index (χ0v) is 19.9. The van der Waals surface area contributed by atoms with E-state index in [1.165, 1.54) is 20.1 Å². The molecule has 34 heavy (non-hydrogen) atoms. The molecule has 1 fully saturated rings. The molecule has 2 aromatic rings. The average Bonchev–Trinajstić information content (AvgIpc) is 3.10. The van der Waals surface area contributed by atoms with Gasteiger partial charge in [-0.3, -0.25) is 19.2 Å². The third-order valence-corrected chi connectivity index (χ3v) is 6.83. The number of hydrazine groups is 1. The average molecular weight is 481 g/mol. The number of methoxy groups -OCH3 is 1. The van der Waals surface area contributed by atoms with Crippen LogP contribution in [0, 0.1) is 17.8 Å². The maximum Gasteiger partial charge on any atom is 0.275 e. The van der Waals surface area contributed by atoms with Crippen LogP contribution >= 0.6 is 11.6 Å². The molecule has 0 spiro atoms. The van der Waals surface area contributed by atoms with Crippen molar-refractivity contribution in [2.45, 2.75) is 26.3 Å². The summed E-state index contributed by atoms with van der Waals surface area (Å²) in [5.41, 5.74) is 0.414. The highest BCUT2D eigenvalue weighted by atomic mass is 35.5. The maximum absolute atomic E-state index is 13.7. The molecule has 0 saturated carbocycles. The molecule has 0 radical (unpaired) electrons. The molecule has 0 bridgehead atoms.